The summed E-state index contributed by atoms with van der Waals surface area (Å²) in [5.41, 5.74) is 2.47. The van der Waals surface area contributed by atoms with E-state index in [9.17, 15) is 5.11 Å². The summed E-state index contributed by atoms with van der Waals surface area (Å²) >= 11 is 13.5. The molecule has 0 amide bonds. The number of rotatable bonds is 9. The highest BCUT2D eigenvalue weighted by Gasteiger charge is 2.25. The molecule has 1 aromatic carbocycles. The fourth-order valence-corrected chi connectivity index (χ4v) is 4.66. The smallest absolute Gasteiger partial charge is 0.163 e. The van der Waals surface area contributed by atoms with Crippen LogP contribution < -0.4 is 15.4 Å². The number of likely N-dealkylation sites (N-methyl/N-ethyl adjacent to an activating group) is 1. The molecule has 11 heteroatoms. The zero-order valence-electron chi connectivity index (χ0n) is 20.8. The summed E-state index contributed by atoms with van der Waals surface area (Å²) in [5.74, 6) is 2.02. The molecule has 194 valence electrons. The Hall–Kier alpha value is -2.43. The predicted molar refractivity (Wildman–Crippen MR) is 140 cm³/mol. The van der Waals surface area contributed by atoms with Crippen molar-refractivity contribution < 1.29 is 19.1 Å². The van der Waals surface area contributed by atoms with Crippen molar-refractivity contribution in [3.05, 3.63) is 39.7 Å². The average molecular weight is 536 g/mol. The number of halogens is 2. The monoisotopic (exact) mass is 535 g/mol. The summed E-state index contributed by atoms with van der Waals surface area (Å²) < 4.78 is 16.9. The van der Waals surface area contributed by atoms with E-state index in [0.29, 0.717) is 68.9 Å². The maximum absolute atomic E-state index is 10.0. The first kappa shape index (κ1) is 26.6. The van der Waals surface area contributed by atoms with Crippen LogP contribution in [0.4, 0.5) is 5.82 Å². The van der Waals surface area contributed by atoms with Crippen molar-refractivity contribution in [2.75, 3.05) is 32.1 Å². The van der Waals surface area contributed by atoms with Crippen LogP contribution in [0.1, 0.15) is 31.2 Å². The Balaban J connectivity index is 1.76. The maximum atomic E-state index is 10.0. The fraction of sp³-hybridized carbons (Fsp3) is 0.480. The van der Waals surface area contributed by atoms with E-state index >= 15 is 0 Å². The Morgan fingerprint density at radius 3 is 2.75 bits per heavy atom. The van der Waals surface area contributed by atoms with E-state index in [1.165, 1.54) is 0 Å². The topological polar surface area (TPSA) is 115 Å². The highest BCUT2D eigenvalue weighted by molar-refractivity contribution is 6.35. The SMILES string of the molecule is CNC[C@@H](O)COc1ccc(Cl)c(-c2nc(N[C@@H]3CCO[C@H](C)C3)c(Cl)c(-c3c(C)noc3C)n2)c1. The van der Waals surface area contributed by atoms with Crippen molar-refractivity contribution in [1.82, 2.24) is 20.4 Å². The molecule has 1 saturated heterocycles. The molecule has 0 spiro atoms. The number of hydrogen-bond donors (Lipinski definition) is 3. The second kappa shape index (κ2) is 11.7. The largest absolute Gasteiger partial charge is 0.491 e. The number of ether oxygens (including phenoxy) is 2. The molecule has 3 heterocycles. The maximum Gasteiger partial charge on any atom is 0.163 e. The second-order valence-corrected chi connectivity index (χ2v) is 9.75. The molecule has 36 heavy (non-hydrogen) atoms. The number of nitrogens with one attached hydrogen (secondary N) is 2. The van der Waals surface area contributed by atoms with Crippen LogP contribution in [-0.2, 0) is 4.74 Å². The van der Waals surface area contributed by atoms with Crippen molar-refractivity contribution in [1.29, 1.82) is 0 Å². The first-order valence-electron chi connectivity index (χ1n) is 11.9. The Kier molecular flexibility index (Phi) is 8.69. The van der Waals surface area contributed by atoms with Crippen LogP contribution >= 0.6 is 23.2 Å². The molecule has 0 aliphatic carbocycles. The number of aromatic nitrogens is 3. The first-order chi connectivity index (χ1) is 17.3. The molecule has 0 saturated carbocycles. The van der Waals surface area contributed by atoms with Gasteiger partial charge in [-0.15, -0.1) is 0 Å². The van der Waals surface area contributed by atoms with Gasteiger partial charge in [-0.1, -0.05) is 28.4 Å². The lowest BCUT2D eigenvalue weighted by Crippen LogP contribution is -2.33. The number of aliphatic hydroxyl groups excluding tert-OH is 1. The Bertz CT molecular complexity index is 1190. The zero-order chi connectivity index (χ0) is 25.8. The van der Waals surface area contributed by atoms with Crippen LogP contribution in [0.3, 0.4) is 0 Å². The molecular formula is C25H31Cl2N5O4. The van der Waals surface area contributed by atoms with E-state index in [2.05, 4.69) is 22.7 Å². The van der Waals surface area contributed by atoms with E-state index in [-0.39, 0.29) is 18.8 Å². The van der Waals surface area contributed by atoms with Crippen LogP contribution in [0.25, 0.3) is 22.6 Å². The summed E-state index contributed by atoms with van der Waals surface area (Å²) in [6.45, 7) is 6.92. The average Bonchev–Trinajstić information content (AvgIpc) is 3.18. The van der Waals surface area contributed by atoms with Gasteiger partial charge in [-0.2, -0.15) is 0 Å². The summed E-state index contributed by atoms with van der Waals surface area (Å²) in [4.78, 5) is 9.57. The molecule has 0 bridgehead atoms. The normalized spacial score (nSPS) is 18.8. The van der Waals surface area contributed by atoms with Crippen molar-refractivity contribution in [2.24, 2.45) is 0 Å². The number of aryl methyl sites for hydroxylation is 2. The van der Waals surface area contributed by atoms with Gasteiger partial charge >= 0.3 is 0 Å². The number of benzene rings is 1. The van der Waals surface area contributed by atoms with Gasteiger partial charge in [0.25, 0.3) is 0 Å². The van der Waals surface area contributed by atoms with Crippen LogP contribution in [-0.4, -0.2) is 65.3 Å². The molecule has 9 nitrogen and oxygen atoms in total. The highest BCUT2D eigenvalue weighted by atomic mass is 35.5. The third kappa shape index (κ3) is 6.10. The Morgan fingerprint density at radius 2 is 2.06 bits per heavy atom. The molecule has 3 atom stereocenters. The third-order valence-corrected chi connectivity index (χ3v) is 6.70. The molecule has 0 radical (unpaired) electrons. The fourth-order valence-electron chi connectivity index (χ4n) is 4.22. The van der Waals surface area contributed by atoms with Crippen LogP contribution in [0.2, 0.25) is 10.0 Å². The van der Waals surface area contributed by atoms with E-state index in [0.717, 1.165) is 12.8 Å². The number of nitrogens with zero attached hydrogens (tertiary/aromatic N) is 3. The lowest BCUT2D eigenvalue weighted by molar-refractivity contribution is 0.0232. The molecule has 1 aliphatic rings. The van der Waals surface area contributed by atoms with E-state index in [1.54, 1.807) is 25.2 Å². The van der Waals surface area contributed by atoms with E-state index < -0.39 is 6.10 Å². The number of aliphatic hydroxyl groups is 1. The van der Waals surface area contributed by atoms with Crippen LogP contribution in [0.15, 0.2) is 22.7 Å². The molecule has 3 N–H and O–H groups in total. The lowest BCUT2D eigenvalue weighted by Gasteiger charge is -2.29. The zero-order valence-corrected chi connectivity index (χ0v) is 22.3. The van der Waals surface area contributed by atoms with Crippen molar-refractivity contribution in [3.63, 3.8) is 0 Å². The van der Waals surface area contributed by atoms with Gasteiger partial charge in [0.15, 0.2) is 5.82 Å². The standard InChI is InChI=1S/C25H31Cl2N5O4/c1-13-9-16(7-8-34-13)29-25-22(27)23(21-14(2)32-36-15(21)3)30-24(31-25)19-10-18(5-6-20(19)26)35-12-17(33)11-28-4/h5-6,10,13,16-17,28,33H,7-9,11-12H2,1-4H3,(H,29,30,31)/t13-,16-,17-/m1/s1. The minimum Gasteiger partial charge on any atom is -0.491 e. The molecule has 4 rings (SSSR count). The van der Waals surface area contributed by atoms with E-state index in [1.807, 2.05) is 13.8 Å². The predicted octanol–water partition coefficient (Wildman–Crippen LogP) is 4.66. The summed E-state index contributed by atoms with van der Waals surface area (Å²) in [7, 11) is 1.77. The van der Waals surface area contributed by atoms with Gasteiger partial charge in [0, 0.05) is 24.8 Å². The molecular weight excluding hydrogens is 505 g/mol. The minimum absolute atomic E-state index is 0.127. The number of anilines is 1. The third-order valence-electron chi connectivity index (χ3n) is 6.01. The van der Waals surface area contributed by atoms with Crippen molar-refractivity contribution in [3.8, 4) is 28.4 Å². The minimum atomic E-state index is -0.648. The Labute approximate surface area is 220 Å². The molecule has 1 fully saturated rings. The lowest BCUT2D eigenvalue weighted by atomic mass is 10.0. The van der Waals surface area contributed by atoms with Crippen LogP contribution in [0.5, 0.6) is 5.75 Å². The van der Waals surface area contributed by atoms with Crippen molar-refractivity contribution >= 4 is 29.0 Å². The number of hydrogen-bond acceptors (Lipinski definition) is 9. The highest BCUT2D eigenvalue weighted by Crippen LogP contribution is 2.39. The summed E-state index contributed by atoms with van der Waals surface area (Å²) in [6.07, 6.45) is 1.15. The molecule has 2 aromatic heterocycles. The molecule has 3 aromatic rings. The van der Waals surface area contributed by atoms with E-state index in [4.69, 9.17) is 47.2 Å². The van der Waals surface area contributed by atoms with Gasteiger partial charge in [-0.05, 0) is 58.9 Å². The summed E-state index contributed by atoms with van der Waals surface area (Å²) in [5, 5.41) is 21.3. The Morgan fingerprint density at radius 1 is 1.25 bits per heavy atom. The second-order valence-electron chi connectivity index (χ2n) is 8.97. The van der Waals surface area contributed by atoms with Gasteiger partial charge in [-0.3, -0.25) is 0 Å². The van der Waals surface area contributed by atoms with Gasteiger partial charge in [0.05, 0.1) is 22.4 Å². The van der Waals surface area contributed by atoms with Gasteiger partial charge in [-0.25, -0.2) is 9.97 Å². The van der Waals surface area contributed by atoms with Gasteiger partial charge in [0.2, 0.25) is 0 Å². The van der Waals surface area contributed by atoms with Crippen LogP contribution in [0, 0.1) is 13.8 Å². The molecule has 1 aliphatic heterocycles. The quantitative estimate of drug-likeness (QED) is 0.359. The van der Waals surface area contributed by atoms with Crippen molar-refractivity contribution in [2.45, 2.75) is 51.9 Å². The molecule has 0 unspecified atom stereocenters. The van der Waals surface area contributed by atoms with Gasteiger partial charge in [0.1, 0.15) is 40.8 Å². The first-order valence-corrected chi connectivity index (χ1v) is 12.7. The van der Waals surface area contributed by atoms with Gasteiger partial charge < -0.3 is 29.7 Å². The summed E-state index contributed by atoms with van der Waals surface area (Å²) in [6, 6.07) is 5.36.